The number of rotatable bonds is 10. The molecule has 0 aliphatic carbocycles. The SMILES string of the molecule is N#Cc1ccc(OCc2cccc(OC3CCN(Cc4nc5ccc(C(=O)O)cc5n4CC4CCO4)CC3)c2)c(F)c1. The number of aromatic carboxylic acids is 1. The normalized spacial score (nSPS) is 17.5. The second-order valence-corrected chi connectivity index (χ2v) is 10.7. The van der Waals surface area contributed by atoms with Crippen LogP contribution >= 0.6 is 0 Å². The summed E-state index contributed by atoms with van der Waals surface area (Å²) in [5.41, 5.74) is 2.97. The Kier molecular flexibility index (Phi) is 8.04. The van der Waals surface area contributed by atoms with E-state index in [2.05, 4.69) is 9.47 Å². The molecule has 0 bridgehead atoms. The van der Waals surface area contributed by atoms with E-state index in [1.807, 2.05) is 30.3 Å². The van der Waals surface area contributed by atoms with Crippen LogP contribution in [0.3, 0.4) is 0 Å². The smallest absolute Gasteiger partial charge is 0.335 e. The van der Waals surface area contributed by atoms with Crippen LogP contribution in [0.2, 0.25) is 0 Å². The fraction of sp³-hybridized carbons (Fsp3) is 0.344. The van der Waals surface area contributed by atoms with Gasteiger partial charge in [0.2, 0.25) is 0 Å². The quantitative estimate of drug-likeness (QED) is 0.279. The summed E-state index contributed by atoms with van der Waals surface area (Å²) >= 11 is 0. The number of nitrogens with zero attached hydrogens (tertiary/aromatic N) is 4. The predicted molar refractivity (Wildman–Crippen MR) is 152 cm³/mol. The number of imidazole rings is 1. The molecule has 3 heterocycles. The van der Waals surface area contributed by atoms with E-state index in [9.17, 15) is 14.3 Å². The van der Waals surface area contributed by atoms with Gasteiger partial charge in [-0.1, -0.05) is 12.1 Å². The maximum Gasteiger partial charge on any atom is 0.335 e. The first-order valence-electron chi connectivity index (χ1n) is 14.1. The first-order valence-corrected chi connectivity index (χ1v) is 14.1. The standard InChI is InChI=1S/C32H31FN4O5/c33-27-15-21(17-34)4-7-30(27)41-20-22-2-1-3-25(14-22)42-24-8-11-36(12-9-24)19-31-35-28-6-5-23(32(38)39)16-29(28)37(31)18-26-10-13-40-26/h1-7,14-16,24,26H,8-13,18-20H2,(H,38,39). The van der Waals surface area contributed by atoms with Gasteiger partial charge < -0.3 is 23.9 Å². The molecule has 4 aromatic rings. The van der Waals surface area contributed by atoms with E-state index in [1.54, 1.807) is 18.2 Å². The third-order valence-electron chi connectivity index (χ3n) is 7.81. The average Bonchev–Trinajstić information content (AvgIpc) is 3.31. The summed E-state index contributed by atoms with van der Waals surface area (Å²) in [7, 11) is 0. The molecule has 10 heteroatoms. The van der Waals surface area contributed by atoms with Crippen LogP contribution in [0.1, 0.15) is 46.6 Å². The molecule has 6 rings (SSSR count). The summed E-state index contributed by atoms with van der Waals surface area (Å²) in [4.78, 5) is 18.8. The lowest BCUT2D eigenvalue weighted by Crippen LogP contribution is -2.39. The number of likely N-dealkylation sites (tertiary alicyclic amines) is 1. The summed E-state index contributed by atoms with van der Waals surface area (Å²) in [6.07, 6.45) is 2.88. The van der Waals surface area contributed by atoms with Gasteiger partial charge in [0, 0.05) is 19.7 Å². The highest BCUT2D eigenvalue weighted by Crippen LogP contribution is 2.26. The van der Waals surface area contributed by atoms with Crippen molar-refractivity contribution in [3.63, 3.8) is 0 Å². The molecule has 1 aromatic heterocycles. The molecule has 2 aliphatic heterocycles. The number of carboxylic acids is 1. The van der Waals surface area contributed by atoms with Gasteiger partial charge in [0.1, 0.15) is 24.3 Å². The summed E-state index contributed by atoms with van der Waals surface area (Å²) in [6.45, 7) is 3.94. The first kappa shape index (κ1) is 27.7. The van der Waals surface area contributed by atoms with Gasteiger partial charge in [-0.2, -0.15) is 5.26 Å². The Morgan fingerprint density at radius 1 is 1.12 bits per heavy atom. The van der Waals surface area contributed by atoms with E-state index >= 15 is 0 Å². The molecule has 9 nitrogen and oxygen atoms in total. The number of piperidine rings is 1. The average molecular weight is 571 g/mol. The maximum absolute atomic E-state index is 14.2. The highest BCUT2D eigenvalue weighted by molar-refractivity contribution is 5.92. The third kappa shape index (κ3) is 6.22. The van der Waals surface area contributed by atoms with Crippen LogP contribution in [-0.2, 0) is 24.4 Å². The Hall–Kier alpha value is -4.46. The fourth-order valence-corrected chi connectivity index (χ4v) is 5.40. The molecule has 3 aromatic carbocycles. The number of hydrogen-bond donors (Lipinski definition) is 1. The van der Waals surface area contributed by atoms with Crippen molar-refractivity contribution < 1.29 is 28.5 Å². The lowest BCUT2D eigenvalue weighted by atomic mass is 10.1. The van der Waals surface area contributed by atoms with Gasteiger partial charge in [0.05, 0.1) is 47.4 Å². The number of hydrogen-bond acceptors (Lipinski definition) is 7. The second kappa shape index (κ2) is 12.2. The lowest BCUT2D eigenvalue weighted by molar-refractivity contribution is -0.0592. The molecule has 2 saturated heterocycles. The van der Waals surface area contributed by atoms with Gasteiger partial charge in [-0.05, 0) is 73.4 Å². The molecule has 2 aliphatic rings. The minimum absolute atomic E-state index is 0.0636. The summed E-state index contributed by atoms with van der Waals surface area (Å²) in [5, 5.41) is 18.4. The van der Waals surface area contributed by atoms with Crippen LogP contribution in [-0.4, -0.2) is 57.4 Å². The molecule has 216 valence electrons. The molecule has 42 heavy (non-hydrogen) atoms. The Balaban J connectivity index is 1.06. The third-order valence-corrected chi connectivity index (χ3v) is 7.81. The molecule has 0 saturated carbocycles. The Morgan fingerprint density at radius 3 is 2.67 bits per heavy atom. The second-order valence-electron chi connectivity index (χ2n) is 10.7. The van der Waals surface area contributed by atoms with Crippen LogP contribution in [0.4, 0.5) is 4.39 Å². The Labute approximate surface area is 242 Å². The number of ether oxygens (including phenoxy) is 3. The molecular weight excluding hydrogens is 539 g/mol. The maximum atomic E-state index is 14.2. The molecule has 2 fully saturated rings. The van der Waals surface area contributed by atoms with Gasteiger partial charge in [-0.15, -0.1) is 0 Å². The molecule has 1 unspecified atom stereocenters. The topological polar surface area (TPSA) is 110 Å². The van der Waals surface area contributed by atoms with Gasteiger partial charge in [0.25, 0.3) is 0 Å². The van der Waals surface area contributed by atoms with Crippen LogP contribution in [0.15, 0.2) is 60.7 Å². The first-order chi connectivity index (χ1) is 20.4. The zero-order valence-electron chi connectivity index (χ0n) is 23.0. The fourth-order valence-electron chi connectivity index (χ4n) is 5.40. The van der Waals surface area contributed by atoms with E-state index in [4.69, 9.17) is 24.5 Å². The van der Waals surface area contributed by atoms with Crippen LogP contribution in [0.5, 0.6) is 11.5 Å². The highest BCUT2D eigenvalue weighted by atomic mass is 19.1. The van der Waals surface area contributed by atoms with E-state index in [0.29, 0.717) is 13.1 Å². The number of benzene rings is 3. The van der Waals surface area contributed by atoms with Gasteiger partial charge in [-0.25, -0.2) is 14.2 Å². The van der Waals surface area contributed by atoms with Crippen molar-refractivity contribution in [2.24, 2.45) is 0 Å². The Bertz CT molecular complexity index is 1640. The number of nitriles is 1. The summed E-state index contributed by atoms with van der Waals surface area (Å²) in [5.74, 6) is 0.237. The van der Waals surface area contributed by atoms with Crippen molar-refractivity contribution in [3.05, 3.63) is 89.0 Å². The molecule has 0 spiro atoms. The van der Waals surface area contributed by atoms with Crippen molar-refractivity contribution in [2.75, 3.05) is 19.7 Å². The monoisotopic (exact) mass is 570 g/mol. The summed E-state index contributed by atoms with van der Waals surface area (Å²) in [6, 6.07) is 18.8. The van der Waals surface area contributed by atoms with Crippen LogP contribution < -0.4 is 9.47 Å². The van der Waals surface area contributed by atoms with Crippen molar-refractivity contribution in [1.82, 2.24) is 14.5 Å². The van der Waals surface area contributed by atoms with E-state index < -0.39 is 11.8 Å². The predicted octanol–water partition coefficient (Wildman–Crippen LogP) is 5.16. The largest absolute Gasteiger partial charge is 0.490 e. The summed E-state index contributed by atoms with van der Waals surface area (Å²) < 4.78 is 33.9. The van der Waals surface area contributed by atoms with Gasteiger partial charge in [-0.3, -0.25) is 4.90 Å². The zero-order chi connectivity index (χ0) is 29.1. The van der Waals surface area contributed by atoms with E-state index in [-0.39, 0.29) is 35.7 Å². The molecular formula is C32H31FN4O5. The number of carbonyl (C=O) groups is 1. The van der Waals surface area contributed by atoms with E-state index in [0.717, 1.165) is 73.2 Å². The molecule has 1 atom stereocenters. The van der Waals surface area contributed by atoms with Gasteiger partial charge >= 0.3 is 5.97 Å². The Morgan fingerprint density at radius 2 is 1.95 bits per heavy atom. The van der Waals surface area contributed by atoms with Crippen molar-refractivity contribution >= 4 is 17.0 Å². The van der Waals surface area contributed by atoms with E-state index in [1.165, 1.54) is 12.1 Å². The highest BCUT2D eigenvalue weighted by Gasteiger charge is 2.26. The van der Waals surface area contributed by atoms with Crippen LogP contribution in [0.25, 0.3) is 11.0 Å². The molecule has 0 amide bonds. The number of carboxylic acid groups (broad SMARTS) is 1. The van der Waals surface area contributed by atoms with Gasteiger partial charge in [0.15, 0.2) is 11.6 Å². The lowest BCUT2D eigenvalue weighted by Gasteiger charge is -2.32. The van der Waals surface area contributed by atoms with Crippen molar-refractivity contribution in [3.8, 4) is 17.6 Å². The minimum Gasteiger partial charge on any atom is -0.490 e. The molecule has 0 radical (unpaired) electrons. The molecule has 1 N–H and O–H groups in total. The number of fused-ring (bicyclic) bond motifs is 1. The van der Waals surface area contributed by atoms with Crippen LogP contribution in [0, 0.1) is 17.1 Å². The number of aromatic nitrogens is 2. The number of halogens is 1. The minimum atomic E-state index is -0.952. The zero-order valence-corrected chi connectivity index (χ0v) is 23.0. The van der Waals surface area contributed by atoms with Crippen molar-refractivity contribution in [1.29, 1.82) is 5.26 Å². The van der Waals surface area contributed by atoms with Crippen molar-refractivity contribution in [2.45, 2.75) is 51.2 Å².